The van der Waals surface area contributed by atoms with Crippen molar-refractivity contribution in [3.63, 3.8) is 0 Å². The van der Waals surface area contributed by atoms with Gasteiger partial charge in [0, 0.05) is 56.7 Å². The normalized spacial score (nSPS) is 19.6. The third-order valence-corrected chi connectivity index (χ3v) is 14.7. The summed E-state index contributed by atoms with van der Waals surface area (Å²) >= 11 is 20.3. The van der Waals surface area contributed by atoms with E-state index in [2.05, 4.69) is 46.1 Å². The van der Waals surface area contributed by atoms with Crippen molar-refractivity contribution in [2.45, 2.75) is 83.8 Å². The first-order valence-corrected chi connectivity index (χ1v) is 25.7. The number of rotatable bonds is 22. The molecular formula is C52H59Cl3F2N8O6S. The number of aryl methyl sites for hydroxylation is 2. The number of nitrogens with one attached hydrogen (secondary N) is 3. The van der Waals surface area contributed by atoms with E-state index in [0.29, 0.717) is 56.8 Å². The molecule has 0 radical (unpaired) electrons. The molecule has 0 saturated carbocycles. The molecule has 3 N–H and O–H groups in total. The minimum atomic E-state index is -1.73. The number of nitrogens with zero attached hydrogens (tertiary/aromatic N) is 5. The number of halogens is 5. The van der Waals surface area contributed by atoms with Crippen LogP contribution in [0.3, 0.4) is 0 Å². The lowest BCUT2D eigenvalue weighted by molar-refractivity contribution is -0.123. The van der Waals surface area contributed by atoms with Gasteiger partial charge in [0.1, 0.15) is 33.9 Å². The Kier molecular flexibility index (Phi) is 18.6. The Hall–Kier alpha value is -4.87. The average molecular weight is 1070 g/mol. The fraction of sp³-hybridized carbons (Fsp3) is 0.462. The number of aromatic nitrogens is 3. The van der Waals surface area contributed by atoms with E-state index in [-0.39, 0.29) is 65.3 Å². The molecule has 20 heteroatoms. The standard InChI is InChI=1S/C52H59Cl3F2N8O6S/c1-30-31(2)72-50-43(30)46(33-10-12-34(53)13-11-33)61-40(48-64-63-32(3)65(48)50)27-42(66)59-16-18-68-20-22-70-24-25-71-23-21-69-19-17-60-49(67)47-44(36-8-7-9-38(55)45(36)57)52(29-58,41(62-47)28-51(4,5)6)37-15-14-35(54)26-39(37)56/h7-15,26,40-41,44,47,62H,16-25,27-28H2,1-6H3,(H,59,66)(H,60,67)/t40-,41-,44-,47+,52-/m0/s1. The number of ether oxygens (including phenoxy) is 4. The smallest absolute Gasteiger partial charge is 0.237 e. The zero-order chi connectivity index (χ0) is 51.7. The summed E-state index contributed by atoms with van der Waals surface area (Å²) in [5.41, 5.74) is 1.71. The van der Waals surface area contributed by atoms with Crippen LogP contribution in [0.1, 0.15) is 89.9 Å². The Morgan fingerprint density at radius 1 is 0.861 bits per heavy atom. The van der Waals surface area contributed by atoms with E-state index in [1.807, 2.05) is 56.5 Å². The molecule has 1 fully saturated rings. The van der Waals surface area contributed by atoms with Crippen LogP contribution >= 0.6 is 46.1 Å². The van der Waals surface area contributed by atoms with E-state index in [1.54, 1.807) is 17.4 Å². The Balaban J connectivity index is 0.802. The van der Waals surface area contributed by atoms with Crippen LogP contribution in [0.4, 0.5) is 8.78 Å². The molecule has 2 amide bonds. The van der Waals surface area contributed by atoms with Gasteiger partial charge in [-0.25, -0.2) is 8.78 Å². The summed E-state index contributed by atoms with van der Waals surface area (Å²) in [6.45, 7) is 14.6. The highest BCUT2D eigenvalue weighted by Crippen LogP contribution is 2.53. The van der Waals surface area contributed by atoms with E-state index in [4.69, 9.17) is 58.7 Å². The molecule has 5 atom stereocenters. The lowest BCUT2D eigenvalue weighted by Crippen LogP contribution is -2.46. The van der Waals surface area contributed by atoms with Gasteiger partial charge in [-0.15, -0.1) is 21.5 Å². The highest BCUT2D eigenvalue weighted by Gasteiger charge is 2.61. The van der Waals surface area contributed by atoms with Crippen LogP contribution in [0.2, 0.25) is 15.1 Å². The molecular weight excluding hydrogens is 1010 g/mol. The fourth-order valence-corrected chi connectivity index (χ4v) is 11.0. The van der Waals surface area contributed by atoms with E-state index in [9.17, 15) is 14.9 Å². The van der Waals surface area contributed by atoms with Crippen molar-refractivity contribution in [3.05, 3.63) is 132 Å². The monoisotopic (exact) mass is 1070 g/mol. The van der Waals surface area contributed by atoms with Crippen molar-refractivity contribution in [2.24, 2.45) is 10.4 Å². The summed E-state index contributed by atoms with van der Waals surface area (Å²) in [6.07, 6.45) is 0.422. The maximum absolute atomic E-state index is 15.9. The number of carbonyl (C=O) groups excluding carboxylic acids is 2. The molecule has 7 rings (SSSR count). The van der Waals surface area contributed by atoms with Crippen LogP contribution in [0, 0.1) is 49.2 Å². The van der Waals surface area contributed by atoms with Gasteiger partial charge in [-0.2, -0.15) is 5.26 Å². The second-order valence-corrected chi connectivity index (χ2v) is 21.4. The zero-order valence-corrected chi connectivity index (χ0v) is 44.1. The molecule has 5 aromatic rings. The van der Waals surface area contributed by atoms with E-state index in [1.165, 1.54) is 24.3 Å². The number of thiophene rings is 1. The van der Waals surface area contributed by atoms with Gasteiger partial charge in [0.25, 0.3) is 0 Å². The van der Waals surface area contributed by atoms with Gasteiger partial charge in [-0.3, -0.25) is 19.1 Å². The Labute approximate surface area is 437 Å². The molecule has 1 saturated heterocycles. The first-order chi connectivity index (χ1) is 34.4. The Bertz CT molecular complexity index is 2800. The van der Waals surface area contributed by atoms with Crippen molar-refractivity contribution in [2.75, 3.05) is 65.9 Å². The predicted octanol–water partition coefficient (Wildman–Crippen LogP) is 9.10. The number of amides is 2. The van der Waals surface area contributed by atoms with Crippen molar-refractivity contribution in [1.82, 2.24) is 30.7 Å². The highest BCUT2D eigenvalue weighted by atomic mass is 35.5. The van der Waals surface area contributed by atoms with Crippen LogP contribution < -0.4 is 16.0 Å². The SMILES string of the molecule is Cc1sc2c(c1C)C(c1ccc(Cl)cc1)=N[C@@H](CC(=O)NCCOCCOCCOCCOCCNC(=O)[C@@H]1N[C@@H](CC(C)(C)C)[C@](C#N)(c3ccc(Cl)cc3F)[C@H]1c1cccc(Cl)c1F)c1nnc(C)n1-2. The quantitative estimate of drug-likeness (QED) is 0.0568. The molecule has 72 heavy (non-hydrogen) atoms. The second kappa shape index (κ2) is 24.4. The lowest BCUT2D eigenvalue weighted by Gasteiger charge is -2.37. The maximum Gasteiger partial charge on any atom is 0.237 e. The lowest BCUT2D eigenvalue weighted by atomic mass is 9.62. The summed E-state index contributed by atoms with van der Waals surface area (Å²) in [5.74, 6) is -2.08. The molecule has 2 aliphatic heterocycles. The molecule has 0 spiro atoms. The van der Waals surface area contributed by atoms with Crippen molar-refractivity contribution >= 4 is 63.7 Å². The van der Waals surface area contributed by atoms with Gasteiger partial charge in [0.15, 0.2) is 5.82 Å². The number of benzene rings is 3. The molecule has 3 aromatic carbocycles. The molecule has 2 aromatic heterocycles. The third-order valence-electron chi connectivity index (χ3n) is 12.7. The summed E-state index contributed by atoms with van der Waals surface area (Å²) in [6, 6.07) is 15.8. The largest absolute Gasteiger partial charge is 0.377 e. The predicted molar refractivity (Wildman–Crippen MR) is 275 cm³/mol. The van der Waals surface area contributed by atoms with Gasteiger partial charge in [-0.05, 0) is 74.1 Å². The second-order valence-electron chi connectivity index (χ2n) is 18.9. The van der Waals surface area contributed by atoms with Gasteiger partial charge < -0.3 is 34.9 Å². The van der Waals surface area contributed by atoms with Crippen LogP contribution in [-0.4, -0.2) is 110 Å². The number of aliphatic imine (C=N–C) groups is 1. The third kappa shape index (κ3) is 12.5. The summed E-state index contributed by atoms with van der Waals surface area (Å²) in [4.78, 5) is 33.6. The molecule has 2 aliphatic rings. The molecule has 0 bridgehead atoms. The summed E-state index contributed by atoms with van der Waals surface area (Å²) in [5, 5.41) is 30.5. The Morgan fingerprint density at radius 3 is 2.11 bits per heavy atom. The average Bonchev–Trinajstić information content (AvgIpc) is 3.94. The molecule has 4 heterocycles. The van der Waals surface area contributed by atoms with Gasteiger partial charge in [0.05, 0.1) is 82.1 Å². The zero-order valence-electron chi connectivity index (χ0n) is 41.1. The topological polar surface area (TPSA) is 174 Å². The van der Waals surface area contributed by atoms with Gasteiger partial charge in [-0.1, -0.05) is 85.9 Å². The minimum Gasteiger partial charge on any atom is -0.377 e. The van der Waals surface area contributed by atoms with Crippen molar-refractivity contribution in [1.29, 1.82) is 5.26 Å². The summed E-state index contributed by atoms with van der Waals surface area (Å²) < 4.78 is 56.4. The number of carbonyl (C=O) groups is 2. The highest BCUT2D eigenvalue weighted by molar-refractivity contribution is 7.15. The van der Waals surface area contributed by atoms with Crippen LogP contribution in [0.25, 0.3) is 5.00 Å². The van der Waals surface area contributed by atoms with Crippen LogP contribution in [0.5, 0.6) is 0 Å². The van der Waals surface area contributed by atoms with E-state index < -0.39 is 47.0 Å². The van der Waals surface area contributed by atoms with Crippen molar-refractivity contribution < 1.29 is 37.3 Å². The number of nitriles is 1. The van der Waals surface area contributed by atoms with Crippen LogP contribution in [0.15, 0.2) is 65.7 Å². The first-order valence-electron chi connectivity index (χ1n) is 23.7. The number of fused-ring (bicyclic) bond motifs is 3. The molecule has 0 unspecified atom stereocenters. The van der Waals surface area contributed by atoms with E-state index >= 15 is 8.78 Å². The molecule has 384 valence electrons. The first kappa shape index (κ1) is 54.9. The van der Waals surface area contributed by atoms with Gasteiger partial charge >= 0.3 is 0 Å². The fourth-order valence-electron chi connectivity index (χ4n) is 9.32. The minimum absolute atomic E-state index is 0.00487. The van der Waals surface area contributed by atoms with Crippen LogP contribution in [-0.2, 0) is 34.0 Å². The molecule has 14 nitrogen and oxygen atoms in total. The van der Waals surface area contributed by atoms with Gasteiger partial charge in [0.2, 0.25) is 11.8 Å². The maximum atomic E-state index is 15.9. The van der Waals surface area contributed by atoms with Crippen molar-refractivity contribution in [3.8, 4) is 11.1 Å². The summed E-state index contributed by atoms with van der Waals surface area (Å²) in [7, 11) is 0. The van der Waals surface area contributed by atoms with E-state index in [0.717, 1.165) is 44.2 Å². The number of hydrogen-bond donors (Lipinski definition) is 3. The number of hydrogen-bond acceptors (Lipinski definition) is 12. The molecule has 0 aliphatic carbocycles. The Morgan fingerprint density at radius 2 is 1.49 bits per heavy atom.